The van der Waals surface area contributed by atoms with Crippen molar-refractivity contribution in [3.63, 3.8) is 0 Å². The molecule has 1 aromatic carbocycles. The molecule has 1 saturated carbocycles. The summed E-state index contributed by atoms with van der Waals surface area (Å²) in [5.41, 5.74) is 1.67. The van der Waals surface area contributed by atoms with Gasteiger partial charge in [-0.3, -0.25) is 4.79 Å². The van der Waals surface area contributed by atoms with Crippen LogP contribution in [0, 0.1) is 0 Å². The minimum atomic E-state index is -0.327. The van der Waals surface area contributed by atoms with Crippen LogP contribution in [0.2, 0.25) is 0 Å². The number of nitrogens with zero attached hydrogens (tertiary/aromatic N) is 2. The maximum absolute atomic E-state index is 12.5. The van der Waals surface area contributed by atoms with E-state index in [-0.39, 0.29) is 24.6 Å². The van der Waals surface area contributed by atoms with E-state index in [2.05, 4.69) is 9.88 Å². The van der Waals surface area contributed by atoms with Crippen LogP contribution in [0.3, 0.4) is 0 Å². The van der Waals surface area contributed by atoms with Gasteiger partial charge in [0.2, 0.25) is 0 Å². The van der Waals surface area contributed by atoms with Crippen LogP contribution in [0.15, 0.2) is 48.7 Å². The van der Waals surface area contributed by atoms with E-state index >= 15 is 0 Å². The fraction of sp³-hybridized carbons (Fsp3) is 0.400. The quantitative estimate of drug-likeness (QED) is 0.899. The van der Waals surface area contributed by atoms with Crippen LogP contribution in [-0.4, -0.2) is 40.6 Å². The molecule has 1 saturated heterocycles. The number of carbonyl (C=O) groups is 2. The molecule has 2 heterocycles. The highest BCUT2D eigenvalue weighted by Crippen LogP contribution is 2.36. The normalized spacial score (nSPS) is 19.4. The number of hydrogen-bond acceptors (Lipinski definition) is 3. The maximum Gasteiger partial charge on any atom is 0.410 e. The average molecular weight is 353 g/mol. The minimum Gasteiger partial charge on any atom is -0.445 e. The molecule has 6 heteroatoms. The molecule has 1 aliphatic carbocycles. The van der Waals surface area contributed by atoms with Crippen LogP contribution in [0.1, 0.15) is 41.4 Å². The van der Waals surface area contributed by atoms with Gasteiger partial charge in [-0.15, -0.1) is 0 Å². The molecule has 2 aromatic rings. The molecule has 2 fully saturated rings. The second kappa shape index (κ2) is 7.23. The van der Waals surface area contributed by atoms with Crippen LogP contribution in [-0.2, 0) is 11.3 Å². The molecule has 136 valence electrons. The number of likely N-dealkylation sites (tertiary alicyclic amines) is 1. The van der Waals surface area contributed by atoms with Gasteiger partial charge in [0.25, 0.3) is 5.91 Å². The largest absolute Gasteiger partial charge is 0.445 e. The van der Waals surface area contributed by atoms with Gasteiger partial charge in [0.1, 0.15) is 12.3 Å². The molecule has 26 heavy (non-hydrogen) atoms. The van der Waals surface area contributed by atoms with Gasteiger partial charge in [0, 0.05) is 31.4 Å². The zero-order chi connectivity index (χ0) is 17.9. The SMILES string of the molecule is O=C(N[C@H]1CCN(C(=O)OCc2ccccc2)C1)c1cccn1C1CC1. The lowest BCUT2D eigenvalue weighted by Crippen LogP contribution is -2.39. The van der Waals surface area contributed by atoms with Crippen LogP contribution >= 0.6 is 0 Å². The third-order valence-corrected chi connectivity index (χ3v) is 4.94. The number of benzene rings is 1. The Bertz CT molecular complexity index is 783. The molecule has 0 radical (unpaired) electrons. The summed E-state index contributed by atoms with van der Waals surface area (Å²) in [5, 5.41) is 3.05. The molecule has 2 amide bonds. The second-order valence-corrected chi connectivity index (χ2v) is 6.98. The number of hydrogen-bond donors (Lipinski definition) is 1. The number of ether oxygens (including phenoxy) is 1. The Kier molecular flexibility index (Phi) is 4.65. The van der Waals surface area contributed by atoms with Crippen molar-refractivity contribution in [2.24, 2.45) is 0 Å². The van der Waals surface area contributed by atoms with Crippen molar-refractivity contribution >= 4 is 12.0 Å². The third-order valence-electron chi connectivity index (χ3n) is 4.94. The highest BCUT2D eigenvalue weighted by atomic mass is 16.6. The molecule has 0 unspecified atom stereocenters. The zero-order valence-electron chi connectivity index (χ0n) is 14.6. The van der Waals surface area contributed by atoms with E-state index in [1.807, 2.05) is 48.7 Å². The van der Waals surface area contributed by atoms with Crippen molar-refractivity contribution < 1.29 is 14.3 Å². The molecular weight excluding hydrogens is 330 g/mol. The van der Waals surface area contributed by atoms with Gasteiger partial charge in [0.05, 0.1) is 0 Å². The number of rotatable bonds is 5. The van der Waals surface area contributed by atoms with E-state index in [4.69, 9.17) is 4.74 Å². The fourth-order valence-electron chi connectivity index (χ4n) is 3.37. The minimum absolute atomic E-state index is 0.0330. The first-order valence-electron chi connectivity index (χ1n) is 9.14. The monoisotopic (exact) mass is 353 g/mol. The van der Waals surface area contributed by atoms with Crippen LogP contribution in [0.5, 0.6) is 0 Å². The van der Waals surface area contributed by atoms with E-state index in [0.29, 0.717) is 24.8 Å². The van der Waals surface area contributed by atoms with E-state index in [1.54, 1.807) is 4.90 Å². The summed E-state index contributed by atoms with van der Waals surface area (Å²) >= 11 is 0. The molecule has 1 N–H and O–H groups in total. The van der Waals surface area contributed by atoms with Gasteiger partial charge in [-0.2, -0.15) is 0 Å². The number of nitrogens with one attached hydrogen (secondary N) is 1. The summed E-state index contributed by atoms with van der Waals surface area (Å²) in [4.78, 5) is 26.4. The smallest absolute Gasteiger partial charge is 0.410 e. The summed E-state index contributed by atoms with van der Waals surface area (Å²) in [7, 11) is 0. The maximum atomic E-state index is 12.5. The van der Waals surface area contributed by atoms with Gasteiger partial charge in [0.15, 0.2) is 0 Å². The van der Waals surface area contributed by atoms with Gasteiger partial charge >= 0.3 is 6.09 Å². The predicted molar refractivity (Wildman–Crippen MR) is 96.8 cm³/mol. The van der Waals surface area contributed by atoms with Gasteiger partial charge in [-0.1, -0.05) is 30.3 Å². The van der Waals surface area contributed by atoms with Crippen molar-refractivity contribution in [1.82, 2.24) is 14.8 Å². The lowest BCUT2D eigenvalue weighted by Gasteiger charge is -2.17. The molecule has 0 spiro atoms. The van der Waals surface area contributed by atoms with Gasteiger partial charge < -0.3 is 19.5 Å². The van der Waals surface area contributed by atoms with Crippen molar-refractivity contribution in [3.05, 3.63) is 59.9 Å². The first-order valence-corrected chi connectivity index (χ1v) is 9.14. The summed E-state index contributed by atoms with van der Waals surface area (Å²) in [6.45, 7) is 1.35. The Labute approximate surface area is 152 Å². The van der Waals surface area contributed by atoms with E-state index in [1.165, 1.54) is 0 Å². The molecule has 1 atom stereocenters. The Balaban J connectivity index is 1.27. The zero-order valence-corrected chi connectivity index (χ0v) is 14.6. The second-order valence-electron chi connectivity index (χ2n) is 6.98. The molecule has 1 aromatic heterocycles. The topological polar surface area (TPSA) is 63.6 Å². The summed E-state index contributed by atoms with van der Waals surface area (Å²) < 4.78 is 7.42. The predicted octanol–water partition coefficient (Wildman–Crippen LogP) is 2.96. The molecule has 2 aliphatic rings. The van der Waals surface area contributed by atoms with Crippen molar-refractivity contribution in [1.29, 1.82) is 0 Å². The lowest BCUT2D eigenvalue weighted by molar-refractivity contribution is 0.0913. The van der Waals surface area contributed by atoms with Crippen LogP contribution in [0.25, 0.3) is 0 Å². The standard InChI is InChI=1S/C20H23N3O3/c24-19(18-7-4-11-23(18)17-8-9-17)21-16-10-12-22(13-16)20(25)26-14-15-5-2-1-3-6-15/h1-7,11,16-17H,8-10,12-14H2,(H,21,24)/t16-/m0/s1. The first kappa shape index (κ1) is 16.7. The Morgan fingerprint density at radius 2 is 1.88 bits per heavy atom. The molecule has 1 aliphatic heterocycles. The van der Waals surface area contributed by atoms with Gasteiger partial charge in [-0.25, -0.2) is 4.79 Å². The van der Waals surface area contributed by atoms with Crippen molar-refractivity contribution in [2.45, 2.75) is 38.0 Å². The summed E-state index contributed by atoms with van der Waals surface area (Å²) in [5.74, 6) is -0.0635. The Hall–Kier alpha value is -2.76. The van der Waals surface area contributed by atoms with Crippen molar-refractivity contribution in [3.8, 4) is 0 Å². The number of carbonyl (C=O) groups excluding carboxylic acids is 2. The van der Waals surface area contributed by atoms with Crippen LogP contribution < -0.4 is 5.32 Å². The lowest BCUT2D eigenvalue weighted by atomic mass is 10.2. The Morgan fingerprint density at radius 1 is 1.08 bits per heavy atom. The summed E-state index contributed by atoms with van der Waals surface area (Å²) in [6, 6.07) is 13.8. The highest BCUT2D eigenvalue weighted by Gasteiger charge is 2.31. The van der Waals surface area contributed by atoms with Crippen molar-refractivity contribution in [2.75, 3.05) is 13.1 Å². The highest BCUT2D eigenvalue weighted by molar-refractivity contribution is 5.93. The average Bonchev–Trinajstić information content (AvgIpc) is 3.19. The number of aromatic nitrogens is 1. The summed E-state index contributed by atoms with van der Waals surface area (Å²) in [6.07, 6.45) is 4.66. The molecule has 4 rings (SSSR count). The third kappa shape index (κ3) is 3.74. The van der Waals surface area contributed by atoms with Gasteiger partial charge in [-0.05, 0) is 37.0 Å². The molecule has 0 bridgehead atoms. The van der Waals surface area contributed by atoms with E-state index in [9.17, 15) is 9.59 Å². The molecule has 6 nitrogen and oxygen atoms in total. The molecular formula is C20H23N3O3. The fourth-order valence-corrected chi connectivity index (χ4v) is 3.37. The van der Waals surface area contributed by atoms with Crippen LogP contribution in [0.4, 0.5) is 4.79 Å². The Morgan fingerprint density at radius 3 is 2.65 bits per heavy atom. The first-order chi connectivity index (χ1) is 12.7. The van der Waals surface area contributed by atoms with E-state index in [0.717, 1.165) is 24.8 Å². The number of amides is 2. The van der Waals surface area contributed by atoms with E-state index < -0.39 is 0 Å².